The lowest BCUT2D eigenvalue weighted by atomic mass is 9.90. The fraction of sp³-hybridized carbons (Fsp3) is 0.241. The summed E-state index contributed by atoms with van der Waals surface area (Å²) in [6.07, 6.45) is -0.967. The van der Waals surface area contributed by atoms with Gasteiger partial charge in [0.05, 0.1) is 18.2 Å². The minimum atomic E-state index is -1.20. The summed E-state index contributed by atoms with van der Waals surface area (Å²) in [5.41, 5.74) is 1.93. The largest absolute Gasteiger partial charge is 0.465 e. The fourth-order valence-corrected chi connectivity index (χ4v) is 5.37. The number of halogens is 1. The Morgan fingerprint density at radius 3 is 2.55 bits per heavy atom. The van der Waals surface area contributed by atoms with E-state index in [0.29, 0.717) is 41.3 Å². The Balaban J connectivity index is 1.32. The van der Waals surface area contributed by atoms with Crippen molar-refractivity contribution < 1.29 is 29.0 Å². The average molecular weight is 563 g/mol. The maximum atomic E-state index is 13.9. The van der Waals surface area contributed by atoms with Crippen molar-refractivity contribution in [2.24, 2.45) is 5.92 Å². The van der Waals surface area contributed by atoms with Gasteiger partial charge in [0.1, 0.15) is 0 Å². The van der Waals surface area contributed by atoms with Crippen LogP contribution in [-0.4, -0.2) is 53.6 Å². The second-order valence-electron chi connectivity index (χ2n) is 9.81. The SMILES string of the molecule is O=C(O)Nc1ccc(C(=O)NC[C@@H](Cc2ccccc2)C(=O)N2CCC3(C2)OC(=O)Nc2ccc(Cl)cc23)cc1. The zero-order valence-corrected chi connectivity index (χ0v) is 22.1. The van der Waals surface area contributed by atoms with E-state index < -0.39 is 23.7 Å². The highest BCUT2D eigenvalue weighted by Gasteiger charge is 2.49. The van der Waals surface area contributed by atoms with Crippen molar-refractivity contribution in [3.63, 3.8) is 0 Å². The molecule has 2 atom stereocenters. The van der Waals surface area contributed by atoms with E-state index in [2.05, 4.69) is 16.0 Å². The molecule has 2 aliphatic rings. The van der Waals surface area contributed by atoms with Gasteiger partial charge in [-0.3, -0.25) is 20.2 Å². The number of amides is 4. The molecule has 206 valence electrons. The van der Waals surface area contributed by atoms with Crippen molar-refractivity contribution >= 4 is 47.0 Å². The zero-order chi connectivity index (χ0) is 28.3. The van der Waals surface area contributed by atoms with E-state index in [1.807, 2.05) is 30.3 Å². The Bertz CT molecular complexity index is 1450. The van der Waals surface area contributed by atoms with E-state index in [-0.39, 0.29) is 24.9 Å². The Morgan fingerprint density at radius 1 is 1.07 bits per heavy atom. The summed E-state index contributed by atoms with van der Waals surface area (Å²) in [5, 5.41) is 17.1. The molecule has 4 N–H and O–H groups in total. The third kappa shape index (κ3) is 5.86. The molecule has 1 unspecified atom stereocenters. The number of ether oxygens (including phenoxy) is 1. The van der Waals surface area contributed by atoms with Gasteiger partial charge in [-0.25, -0.2) is 9.59 Å². The monoisotopic (exact) mass is 562 g/mol. The van der Waals surface area contributed by atoms with E-state index in [1.165, 1.54) is 24.3 Å². The molecule has 0 bridgehead atoms. The molecule has 0 aromatic heterocycles. The molecule has 2 heterocycles. The number of rotatable bonds is 7. The van der Waals surface area contributed by atoms with Gasteiger partial charge in [0.25, 0.3) is 5.91 Å². The van der Waals surface area contributed by atoms with Crippen LogP contribution in [0.3, 0.4) is 0 Å². The lowest BCUT2D eigenvalue weighted by Crippen LogP contribution is -2.45. The van der Waals surface area contributed by atoms with Crippen molar-refractivity contribution in [1.82, 2.24) is 10.2 Å². The zero-order valence-electron chi connectivity index (χ0n) is 21.4. The molecule has 1 fully saturated rings. The van der Waals surface area contributed by atoms with E-state index in [9.17, 15) is 19.2 Å². The predicted octanol–water partition coefficient (Wildman–Crippen LogP) is 4.71. The van der Waals surface area contributed by atoms with E-state index >= 15 is 0 Å². The molecule has 1 saturated heterocycles. The first-order valence-electron chi connectivity index (χ1n) is 12.7. The van der Waals surface area contributed by atoms with E-state index in [0.717, 1.165) is 11.1 Å². The molecular formula is C29H27ClN4O6. The van der Waals surface area contributed by atoms with Crippen molar-refractivity contribution in [1.29, 1.82) is 0 Å². The molecule has 4 amide bonds. The number of benzene rings is 3. The summed E-state index contributed by atoms with van der Waals surface area (Å²) in [7, 11) is 0. The van der Waals surface area contributed by atoms with Crippen LogP contribution >= 0.6 is 11.6 Å². The Labute approximate surface area is 235 Å². The minimum Gasteiger partial charge on any atom is -0.465 e. The van der Waals surface area contributed by atoms with Crippen LogP contribution in [0.15, 0.2) is 72.8 Å². The van der Waals surface area contributed by atoms with Crippen LogP contribution in [0.2, 0.25) is 5.02 Å². The molecule has 40 heavy (non-hydrogen) atoms. The third-order valence-corrected chi connectivity index (χ3v) is 7.36. The quantitative estimate of drug-likeness (QED) is 0.329. The maximum Gasteiger partial charge on any atom is 0.412 e. The first-order chi connectivity index (χ1) is 19.2. The van der Waals surface area contributed by atoms with Gasteiger partial charge in [0, 0.05) is 41.3 Å². The number of hydrogen-bond donors (Lipinski definition) is 4. The molecular weight excluding hydrogens is 536 g/mol. The molecule has 11 heteroatoms. The van der Waals surface area contributed by atoms with Crippen LogP contribution < -0.4 is 16.0 Å². The number of nitrogens with one attached hydrogen (secondary N) is 3. The van der Waals surface area contributed by atoms with Gasteiger partial charge in [0.2, 0.25) is 5.91 Å². The second kappa shape index (κ2) is 11.3. The van der Waals surface area contributed by atoms with Crippen LogP contribution in [-0.2, 0) is 21.6 Å². The maximum absolute atomic E-state index is 13.9. The Morgan fingerprint density at radius 2 is 1.82 bits per heavy atom. The highest BCUT2D eigenvalue weighted by Crippen LogP contribution is 2.44. The molecule has 5 rings (SSSR count). The summed E-state index contributed by atoms with van der Waals surface area (Å²) < 4.78 is 5.77. The van der Waals surface area contributed by atoms with E-state index in [4.69, 9.17) is 21.4 Å². The average Bonchev–Trinajstić information content (AvgIpc) is 3.35. The summed E-state index contributed by atoms with van der Waals surface area (Å²) in [4.78, 5) is 51.6. The van der Waals surface area contributed by atoms with Crippen molar-refractivity contribution in [3.05, 3.63) is 94.5 Å². The van der Waals surface area contributed by atoms with Gasteiger partial charge in [-0.05, 0) is 54.4 Å². The lowest BCUT2D eigenvalue weighted by Gasteiger charge is -2.35. The molecule has 3 aromatic carbocycles. The Hall–Kier alpha value is -4.57. The Kier molecular flexibility index (Phi) is 7.61. The number of fused-ring (bicyclic) bond motifs is 2. The number of anilines is 2. The lowest BCUT2D eigenvalue weighted by molar-refractivity contribution is -0.135. The molecule has 0 radical (unpaired) electrons. The normalized spacial score (nSPS) is 18.3. The van der Waals surface area contributed by atoms with Gasteiger partial charge in [-0.15, -0.1) is 0 Å². The number of likely N-dealkylation sites (tertiary alicyclic amines) is 1. The highest BCUT2D eigenvalue weighted by atomic mass is 35.5. The van der Waals surface area contributed by atoms with Crippen LogP contribution in [0.4, 0.5) is 21.0 Å². The van der Waals surface area contributed by atoms with Gasteiger partial charge in [-0.2, -0.15) is 0 Å². The van der Waals surface area contributed by atoms with Gasteiger partial charge in [0.15, 0.2) is 5.60 Å². The molecule has 3 aromatic rings. The van der Waals surface area contributed by atoms with Crippen molar-refractivity contribution in [2.75, 3.05) is 30.3 Å². The second-order valence-corrected chi connectivity index (χ2v) is 10.2. The molecule has 0 saturated carbocycles. The van der Waals surface area contributed by atoms with Gasteiger partial charge >= 0.3 is 12.2 Å². The van der Waals surface area contributed by atoms with Crippen LogP contribution in [0.1, 0.15) is 27.9 Å². The fourth-order valence-electron chi connectivity index (χ4n) is 5.19. The number of nitrogens with zero attached hydrogens (tertiary/aromatic N) is 1. The first-order valence-corrected chi connectivity index (χ1v) is 13.1. The topological polar surface area (TPSA) is 137 Å². The minimum absolute atomic E-state index is 0.0783. The molecule has 1 spiro atoms. The number of carbonyl (C=O) groups is 4. The molecule has 2 aliphatic heterocycles. The van der Waals surface area contributed by atoms with Gasteiger partial charge in [-0.1, -0.05) is 41.9 Å². The summed E-state index contributed by atoms with van der Waals surface area (Å²) in [6, 6.07) is 20.7. The summed E-state index contributed by atoms with van der Waals surface area (Å²) in [5.74, 6) is -1.13. The predicted molar refractivity (Wildman–Crippen MR) is 148 cm³/mol. The number of carboxylic acid groups (broad SMARTS) is 1. The van der Waals surface area contributed by atoms with E-state index in [1.54, 1.807) is 23.1 Å². The highest BCUT2D eigenvalue weighted by molar-refractivity contribution is 6.30. The number of hydrogen-bond acceptors (Lipinski definition) is 5. The summed E-state index contributed by atoms with van der Waals surface area (Å²) in [6.45, 7) is 0.619. The van der Waals surface area contributed by atoms with Crippen LogP contribution in [0.5, 0.6) is 0 Å². The third-order valence-electron chi connectivity index (χ3n) is 7.12. The van der Waals surface area contributed by atoms with Gasteiger partial charge < -0.3 is 20.1 Å². The van der Waals surface area contributed by atoms with Crippen molar-refractivity contribution in [3.8, 4) is 0 Å². The first kappa shape index (κ1) is 27.0. The van der Waals surface area contributed by atoms with Crippen molar-refractivity contribution in [2.45, 2.75) is 18.4 Å². The number of carbonyl (C=O) groups excluding carboxylic acids is 3. The van der Waals surface area contributed by atoms with Crippen LogP contribution in [0, 0.1) is 5.92 Å². The standard InChI is InChI=1S/C29H27ClN4O6/c30-21-8-11-24-23(15-21)29(40-28(39)33-24)12-13-34(17-29)26(36)20(14-18-4-2-1-3-5-18)16-31-25(35)19-6-9-22(10-7-19)32-27(37)38/h1-11,15,20,32H,12-14,16-17H2,(H,31,35)(H,33,39)(H,37,38)/t20-,29?/m1/s1. The summed E-state index contributed by atoms with van der Waals surface area (Å²) >= 11 is 6.25. The smallest absolute Gasteiger partial charge is 0.412 e. The van der Waals surface area contributed by atoms with Crippen LogP contribution in [0.25, 0.3) is 0 Å². The molecule has 0 aliphatic carbocycles. The molecule has 10 nitrogen and oxygen atoms in total.